The molecule has 0 bridgehead atoms. The lowest BCUT2D eigenvalue weighted by molar-refractivity contribution is -0.132. The highest BCUT2D eigenvalue weighted by molar-refractivity contribution is 5.95. The Balaban J connectivity index is 2.65. The summed E-state index contributed by atoms with van der Waals surface area (Å²) in [5, 5.41) is 8.48. The summed E-state index contributed by atoms with van der Waals surface area (Å²) in [5.74, 6) is -0.878. The van der Waals surface area contributed by atoms with Crippen LogP contribution in [0.3, 0.4) is 0 Å². The number of benzene rings is 1. The van der Waals surface area contributed by atoms with E-state index in [2.05, 4.69) is 20.9 Å². The first-order valence-electron chi connectivity index (χ1n) is 12.2. The van der Waals surface area contributed by atoms with Gasteiger partial charge >= 0.3 is 0 Å². The van der Waals surface area contributed by atoms with E-state index in [-0.39, 0.29) is 35.5 Å². The number of hydrogen-bond acceptors (Lipinski definition) is 4. The van der Waals surface area contributed by atoms with E-state index in [9.17, 15) is 14.4 Å². The van der Waals surface area contributed by atoms with E-state index in [4.69, 9.17) is 11.5 Å². The molecule has 9 heteroatoms. The molecule has 9 nitrogen and oxygen atoms in total. The highest BCUT2D eigenvalue weighted by Gasteiger charge is 2.28. The summed E-state index contributed by atoms with van der Waals surface area (Å²) in [6.45, 7) is 8.64. The molecule has 0 saturated carbocycles. The van der Waals surface area contributed by atoms with Gasteiger partial charge in [0.1, 0.15) is 12.1 Å². The molecule has 0 aromatic heterocycles. The van der Waals surface area contributed by atoms with E-state index < -0.39 is 12.1 Å². The zero-order chi connectivity index (χ0) is 26.2. The second kappa shape index (κ2) is 16.3. The van der Waals surface area contributed by atoms with Gasteiger partial charge in [0.25, 0.3) is 0 Å². The van der Waals surface area contributed by atoms with E-state index in [1.807, 2.05) is 58.0 Å². The zero-order valence-electron chi connectivity index (χ0n) is 21.4. The topological polar surface area (TPSA) is 152 Å². The maximum Gasteiger partial charge on any atom is 0.244 e. The van der Waals surface area contributed by atoms with Crippen LogP contribution in [0, 0.1) is 11.8 Å². The summed E-state index contributed by atoms with van der Waals surface area (Å²) >= 11 is 0. The Morgan fingerprint density at radius 3 is 2.26 bits per heavy atom. The molecule has 0 aliphatic carbocycles. The predicted octanol–water partition coefficient (Wildman–Crippen LogP) is 1.63. The maximum atomic E-state index is 13.0. The van der Waals surface area contributed by atoms with Gasteiger partial charge in [-0.2, -0.15) is 0 Å². The first kappa shape index (κ1) is 29.7. The summed E-state index contributed by atoms with van der Waals surface area (Å²) in [4.78, 5) is 42.1. The fourth-order valence-corrected chi connectivity index (χ4v) is 3.40. The standard InChI is InChI=1S/C26H42N6O3/c1-18(2)17-21(24(34)29-15-8-9-16-30-26(27)28)31-25(35)23(19(3)4)32-22(33)14-10-13-20-11-6-5-7-12-20/h5-7,10-12,14,18-19,21,23H,8-9,13,15-17H2,1-4H3,(H,29,34)(H,31,35)(H,32,33)(H4,27,28,30). The van der Waals surface area contributed by atoms with Crippen LogP contribution in [-0.2, 0) is 20.8 Å². The number of amides is 3. The van der Waals surface area contributed by atoms with Gasteiger partial charge in [-0.1, -0.05) is 64.1 Å². The van der Waals surface area contributed by atoms with Gasteiger partial charge in [0, 0.05) is 13.1 Å². The van der Waals surface area contributed by atoms with Crippen molar-refractivity contribution in [2.24, 2.45) is 28.3 Å². The average molecular weight is 487 g/mol. The molecule has 1 aromatic rings. The molecule has 1 aromatic carbocycles. The van der Waals surface area contributed by atoms with E-state index >= 15 is 0 Å². The number of guanidine groups is 1. The minimum absolute atomic E-state index is 0.0484. The van der Waals surface area contributed by atoms with Crippen molar-refractivity contribution in [3.05, 3.63) is 48.0 Å². The average Bonchev–Trinajstić information content (AvgIpc) is 2.79. The van der Waals surface area contributed by atoms with Gasteiger partial charge in [-0.05, 0) is 49.2 Å². The largest absolute Gasteiger partial charge is 0.370 e. The Hall–Kier alpha value is -3.36. The number of aliphatic imine (C=N–C) groups is 1. The van der Waals surface area contributed by atoms with Crippen molar-refractivity contribution in [3.8, 4) is 0 Å². The fourth-order valence-electron chi connectivity index (χ4n) is 3.40. The van der Waals surface area contributed by atoms with Crippen molar-refractivity contribution in [3.63, 3.8) is 0 Å². The van der Waals surface area contributed by atoms with Gasteiger partial charge in [-0.15, -0.1) is 0 Å². The molecule has 1 rings (SSSR count). The number of unbranched alkanes of at least 4 members (excludes halogenated alkanes) is 1. The number of rotatable bonds is 15. The lowest BCUT2D eigenvalue weighted by Gasteiger charge is -2.25. The lowest BCUT2D eigenvalue weighted by Crippen LogP contribution is -2.55. The van der Waals surface area contributed by atoms with E-state index in [0.717, 1.165) is 12.0 Å². The Morgan fingerprint density at radius 2 is 1.66 bits per heavy atom. The molecule has 0 heterocycles. The summed E-state index contributed by atoms with van der Waals surface area (Å²) in [6, 6.07) is 8.34. The molecule has 194 valence electrons. The van der Waals surface area contributed by atoms with Crippen LogP contribution in [0.4, 0.5) is 0 Å². The number of carbonyl (C=O) groups excluding carboxylic acids is 3. The number of nitrogens with one attached hydrogen (secondary N) is 3. The molecule has 0 fully saturated rings. The van der Waals surface area contributed by atoms with E-state index in [0.29, 0.717) is 32.4 Å². The molecule has 2 unspecified atom stereocenters. The van der Waals surface area contributed by atoms with Gasteiger partial charge in [-0.25, -0.2) is 0 Å². The second-order valence-corrected chi connectivity index (χ2v) is 9.32. The Kier molecular flexibility index (Phi) is 13.8. The van der Waals surface area contributed by atoms with Gasteiger partial charge in [-0.3, -0.25) is 19.4 Å². The van der Waals surface area contributed by atoms with E-state index in [1.165, 1.54) is 6.08 Å². The van der Waals surface area contributed by atoms with Crippen molar-refractivity contribution in [2.45, 2.75) is 65.5 Å². The highest BCUT2D eigenvalue weighted by Crippen LogP contribution is 2.08. The van der Waals surface area contributed by atoms with Crippen LogP contribution < -0.4 is 27.4 Å². The van der Waals surface area contributed by atoms with Crippen LogP contribution in [0.2, 0.25) is 0 Å². The summed E-state index contributed by atoms with van der Waals surface area (Å²) in [7, 11) is 0. The third-order valence-corrected chi connectivity index (χ3v) is 5.23. The van der Waals surface area contributed by atoms with Crippen LogP contribution >= 0.6 is 0 Å². The van der Waals surface area contributed by atoms with Crippen LogP contribution in [0.15, 0.2) is 47.5 Å². The van der Waals surface area contributed by atoms with Gasteiger partial charge in [0.05, 0.1) is 0 Å². The number of allylic oxidation sites excluding steroid dienone is 1. The number of nitrogens with zero attached hydrogens (tertiary/aromatic N) is 1. The summed E-state index contributed by atoms with van der Waals surface area (Å²) < 4.78 is 0. The minimum Gasteiger partial charge on any atom is -0.370 e. The van der Waals surface area contributed by atoms with Crippen molar-refractivity contribution >= 4 is 23.7 Å². The molecule has 3 amide bonds. The lowest BCUT2D eigenvalue weighted by atomic mass is 10.00. The summed E-state index contributed by atoms with van der Waals surface area (Å²) in [6.07, 6.45) is 5.76. The molecular weight excluding hydrogens is 444 g/mol. The smallest absolute Gasteiger partial charge is 0.244 e. The number of nitrogens with two attached hydrogens (primary N) is 2. The second-order valence-electron chi connectivity index (χ2n) is 9.32. The Labute approximate surface area is 209 Å². The molecule has 2 atom stereocenters. The minimum atomic E-state index is -0.758. The van der Waals surface area contributed by atoms with Crippen molar-refractivity contribution in [2.75, 3.05) is 13.1 Å². The van der Waals surface area contributed by atoms with Gasteiger partial charge in [0.2, 0.25) is 17.7 Å². The molecular formula is C26H42N6O3. The maximum absolute atomic E-state index is 13.0. The third kappa shape index (κ3) is 13.2. The van der Waals surface area contributed by atoms with Crippen LogP contribution in [-0.4, -0.2) is 48.9 Å². The van der Waals surface area contributed by atoms with Gasteiger partial charge in [0.15, 0.2) is 5.96 Å². The first-order chi connectivity index (χ1) is 16.6. The molecule has 7 N–H and O–H groups in total. The Bertz CT molecular complexity index is 848. The summed E-state index contributed by atoms with van der Waals surface area (Å²) in [5.41, 5.74) is 11.7. The zero-order valence-corrected chi connectivity index (χ0v) is 21.4. The van der Waals surface area contributed by atoms with Crippen LogP contribution in [0.1, 0.15) is 52.5 Å². The van der Waals surface area contributed by atoms with Gasteiger partial charge < -0.3 is 27.4 Å². The Morgan fingerprint density at radius 1 is 0.971 bits per heavy atom. The van der Waals surface area contributed by atoms with Crippen LogP contribution in [0.5, 0.6) is 0 Å². The molecule has 0 radical (unpaired) electrons. The number of hydrogen-bond donors (Lipinski definition) is 5. The molecule has 0 aliphatic heterocycles. The molecule has 0 saturated heterocycles. The predicted molar refractivity (Wildman–Crippen MR) is 140 cm³/mol. The van der Waals surface area contributed by atoms with Crippen molar-refractivity contribution in [1.29, 1.82) is 0 Å². The SMILES string of the molecule is CC(C)CC(NC(=O)C(NC(=O)C=CCc1ccccc1)C(C)C)C(=O)NCCCCN=C(N)N. The third-order valence-electron chi connectivity index (χ3n) is 5.23. The van der Waals surface area contributed by atoms with Crippen molar-refractivity contribution in [1.82, 2.24) is 16.0 Å². The molecule has 0 aliphatic rings. The normalized spacial score (nSPS) is 12.9. The first-order valence-corrected chi connectivity index (χ1v) is 12.2. The quantitative estimate of drug-likeness (QED) is 0.110. The molecule has 35 heavy (non-hydrogen) atoms. The number of carbonyl (C=O) groups is 3. The monoisotopic (exact) mass is 486 g/mol. The van der Waals surface area contributed by atoms with E-state index in [1.54, 1.807) is 6.08 Å². The fraction of sp³-hybridized carbons (Fsp3) is 0.538. The van der Waals surface area contributed by atoms with Crippen molar-refractivity contribution < 1.29 is 14.4 Å². The highest BCUT2D eigenvalue weighted by atomic mass is 16.2. The molecule has 0 spiro atoms. The van der Waals surface area contributed by atoms with Crippen LogP contribution in [0.25, 0.3) is 0 Å².